The lowest BCUT2D eigenvalue weighted by molar-refractivity contribution is -0.127. The monoisotopic (exact) mass is 474 g/mol. The number of aromatic carboxylic acids is 1. The molecule has 34 heavy (non-hydrogen) atoms. The van der Waals surface area contributed by atoms with Crippen molar-refractivity contribution in [2.45, 2.75) is 52.2 Å². The summed E-state index contributed by atoms with van der Waals surface area (Å²) in [5, 5.41) is 14.7. The van der Waals surface area contributed by atoms with Crippen LogP contribution in [0.1, 0.15) is 48.2 Å². The first-order valence-corrected chi connectivity index (χ1v) is 12.1. The van der Waals surface area contributed by atoms with Crippen LogP contribution in [0.2, 0.25) is 0 Å². The molecule has 7 heteroatoms. The number of nitrogens with one attached hydrogen (secondary N) is 1. The molecular weight excluding hydrogens is 448 g/mol. The molecule has 1 amide bonds. The van der Waals surface area contributed by atoms with Crippen molar-refractivity contribution in [3.63, 3.8) is 0 Å². The summed E-state index contributed by atoms with van der Waals surface area (Å²) >= 11 is 1.61. The molecule has 4 aromatic rings. The van der Waals surface area contributed by atoms with Crippen molar-refractivity contribution in [3.8, 4) is 16.3 Å². The Balaban J connectivity index is 1.67. The van der Waals surface area contributed by atoms with Gasteiger partial charge in [-0.05, 0) is 62.4 Å². The van der Waals surface area contributed by atoms with Crippen molar-refractivity contribution in [3.05, 3.63) is 59.2 Å². The SMILES string of the molecule is Cc1c(-c2cc(C(=O)O)c3c(OC4CC(=O)NC(C)(C)C4)ccc(C)c3n2)sc2ccccc12. The molecule has 1 unspecified atom stereocenters. The van der Waals surface area contributed by atoms with Gasteiger partial charge in [0, 0.05) is 16.7 Å². The average molecular weight is 475 g/mol. The van der Waals surface area contributed by atoms with E-state index in [0.29, 0.717) is 28.8 Å². The second-order valence-corrected chi connectivity index (χ2v) is 10.6. The summed E-state index contributed by atoms with van der Waals surface area (Å²) in [6, 6.07) is 13.5. The van der Waals surface area contributed by atoms with Crippen molar-refractivity contribution in [1.82, 2.24) is 10.3 Å². The average Bonchev–Trinajstić information content (AvgIpc) is 3.10. The van der Waals surface area contributed by atoms with Crippen LogP contribution in [-0.2, 0) is 4.79 Å². The van der Waals surface area contributed by atoms with Crippen LogP contribution in [0.5, 0.6) is 5.75 Å². The first kappa shape index (κ1) is 22.3. The maximum atomic E-state index is 12.4. The van der Waals surface area contributed by atoms with Crippen molar-refractivity contribution in [2.75, 3.05) is 0 Å². The summed E-state index contributed by atoms with van der Waals surface area (Å²) < 4.78 is 7.42. The van der Waals surface area contributed by atoms with E-state index in [0.717, 1.165) is 26.1 Å². The van der Waals surface area contributed by atoms with Crippen LogP contribution in [0.25, 0.3) is 31.6 Å². The molecular formula is C27H26N2O4S. The number of carbonyl (C=O) groups excluding carboxylic acids is 1. The molecule has 2 aromatic heterocycles. The van der Waals surface area contributed by atoms with Gasteiger partial charge in [-0.25, -0.2) is 9.78 Å². The summed E-state index contributed by atoms with van der Waals surface area (Å²) in [5.41, 5.74) is 2.96. The van der Waals surface area contributed by atoms with E-state index >= 15 is 0 Å². The minimum absolute atomic E-state index is 0.0724. The lowest BCUT2D eigenvalue weighted by Gasteiger charge is -2.36. The van der Waals surface area contributed by atoms with Crippen molar-refractivity contribution in [1.29, 1.82) is 0 Å². The summed E-state index contributed by atoms with van der Waals surface area (Å²) in [4.78, 5) is 30.5. The van der Waals surface area contributed by atoms with Crippen molar-refractivity contribution in [2.24, 2.45) is 0 Å². The molecule has 0 aliphatic carbocycles. The van der Waals surface area contributed by atoms with Crippen molar-refractivity contribution >= 4 is 44.2 Å². The van der Waals surface area contributed by atoms with E-state index in [1.807, 2.05) is 45.9 Å². The van der Waals surface area contributed by atoms with Crippen LogP contribution < -0.4 is 10.1 Å². The molecule has 6 nitrogen and oxygen atoms in total. The van der Waals surface area contributed by atoms with Gasteiger partial charge in [0.2, 0.25) is 5.91 Å². The van der Waals surface area contributed by atoms with E-state index in [-0.39, 0.29) is 29.5 Å². The molecule has 0 radical (unpaired) electrons. The highest BCUT2D eigenvalue weighted by atomic mass is 32.1. The zero-order chi connectivity index (χ0) is 24.2. The topological polar surface area (TPSA) is 88.5 Å². The van der Waals surface area contributed by atoms with E-state index in [9.17, 15) is 14.7 Å². The molecule has 1 atom stereocenters. The molecule has 0 spiro atoms. The van der Waals surface area contributed by atoms with Gasteiger partial charge in [0.05, 0.1) is 33.5 Å². The highest BCUT2D eigenvalue weighted by Crippen LogP contribution is 2.40. The van der Waals surface area contributed by atoms with E-state index < -0.39 is 5.97 Å². The van der Waals surface area contributed by atoms with Gasteiger partial charge in [-0.15, -0.1) is 11.3 Å². The number of rotatable bonds is 4. The number of amides is 1. The second kappa shape index (κ2) is 8.09. The highest BCUT2D eigenvalue weighted by Gasteiger charge is 2.34. The standard InChI is InChI=1S/C27H26N2O4S/c1-14-9-10-20(33-16-11-22(30)29-27(3,4)13-16)23-18(26(31)32)12-19(28-24(14)23)25-15(2)17-7-5-6-8-21(17)34-25/h5-10,12,16H,11,13H2,1-4H3,(H,29,30)(H,31,32). The summed E-state index contributed by atoms with van der Waals surface area (Å²) in [6.07, 6.45) is 0.511. The molecule has 1 aliphatic heterocycles. The number of pyridine rings is 1. The minimum Gasteiger partial charge on any atom is -0.489 e. The van der Waals surface area contributed by atoms with Crippen LogP contribution >= 0.6 is 11.3 Å². The fourth-order valence-corrected chi connectivity index (χ4v) is 6.00. The molecule has 5 rings (SSSR count). The third kappa shape index (κ3) is 3.90. The predicted molar refractivity (Wildman–Crippen MR) is 135 cm³/mol. The molecule has 3 heterocycles. The lowest BCUT2D eigenvalue weighted by Crippen LogP contribution is -2.52. The minimum atomic E-state index is -1.04. The maximum absolute atomic E-state index is 12.4. The van der Waals surface area contributed by atoms with Gasteiger partial charge in [0.15, 0.2) is 0 Å². The number of aryl methyl sites for hydroxylation is 2. The van der Waals surface area contributed by atoms with Crippen LogP contribution in [0, 0.1) is 13.8 Å². The van der Waals surface area contributed by atoms with E-state index in [1.165, 1.54) is 0 Å². The molecule has 2 N–H and O–H groups in total. The predicted octanol–water partition coefficient (Wildman–Crippen LogP) is 5.87. The summed E-state index contributed by atoms with van der Waals surface area (Å²) in [5.74, 6) is -0.665. The number of benzene rings is 2. The Morgan fingerprint density at radius 3 is 2.68 bits per heavy atom. The summed E-state index contributed by atoms with van der Waals surface area (Å²) in [7, 11) is 0. The van der Waals surface area contributed by atoms with E-state index in [2.05, 4.69) is 17.4 Å². The van der Waals surface area contributed by atoms with Gasteiger partial charge in [0.1, 0.15) is 11.9 Å². The first-order chi connectivity index (χ1) is 16.1. The Hall–Kier alpha value is -3.45. The third-order valence-electron chi connectivity index (χ3n) is 6.35. The fraction of sp³-hybridized carbons (Fsp3) is 0.296. The van der Waals surface area contributed by atoms with Gasteiger partial charge in [0.25, 0.3) is 0 Å². The van der Waals surface area contributed by atoms with Crippen molar-refractivity contribution < 1.29 is 19.4 Å². The summed E-state index contributed by atoms with van der Waals surface area (Å²) in [6.45, 7) is 7.88. The number of carbonyl (C=O) groups is 2. The Labute approximate surface area is 201 Å². The number of hydrogen-bond acceptors (Lipinski definition) is 5. The van der Waals surface area contributed by atoms with Gasteiger partial charge in [-0.3, -0.25) is 4.79 Å². The van der Waals surface area contributed by atoms with Crippen LogP contribution in [0.4, 0.5) is 0 Å². The number of ether oxygens (including phenoxy) is 1. The van der Waals surface area contributed by atoms with Gasteiger partial charge in [-0.1, -0.05) is 24.3 Å². The Morgan fingerprint density at radius 1 is 1.21 bits per heavy atom. The smallest absolute Gasteiger partial charge is 0.336 e. The first-order valence-electron chi connectivity index (χ1n) is 11.3. The number of fused-ring (bicyclic) bond motifs is 2. The molecule has 0 saturated carbocycles. The molecule has 1 saturated heterocycles. The van der Waals surface area contributed by atoms with Gasteiger partial charge >= 0.3 is 5.97 Å². The Morgan fingerprint density at radius 2 is 1.97 bits per heavy atom. The lowest BCUT2D eigenvalue weighted by atomic mass is 9.90. The van der Waals surface area contributed by atoms with Gasteiger partial charge in [-0.2, -0.15) is 0 Å². The fourth-order valence-electron chi connectivity index (χ4n) is 4.84. The Kier molecular flexibility index (Phi) is 5.32. The number of carboxylic acids is 1. The number of nitrogens with zero attached hydrogens (tertiary/aromatic N) is 1. The van der Waals surface area contributed by atoms with E-state index in [4.69, 9.17) is 9.72 Å². The zero-order valence-corrected chi connectivity index (χ0v) is 20.4. The molecule has 1 fully saturated rings. The van der Waals surface area contributed by atoms with Gasteiger partial charge < -0.3 is 15.2 Å². The number of carboxylic acid groups (broad SMARTS) is 1. The largest absolute Gasteiger partial charge is 0.489 e. The third-order valence-corrected chi connectivity index (χ3v) is 7.65. The number of piperidine rings is 1. The normalized spacial score (nSPS) is 17.6. The molecule has 174 valence electrons. The maximum Gasteiger partial charge on any atom is 0.336 e. The van der Waals surface area contributed by atoms with Crippen LogP contribution in [0.3, 0.4) is 0 Å². The number of aromatic nitrogens is 1. The zero-order valence-electron chi connectivity index (χ0n) is 19.6. The van der Waals surface area contributed by atoms with Crippen LogP contribution in [-0.4, -0.2) is 33.6 Å². The second-order valence-electron chi connectivity index (χ2n) is 9.60. The van der Waals surface area contributed by atoms with Crippen LogP contribution in [0.15, 0.2) is 42.5 Å². The quantitative estimate of drug-likeness (QED) is 0.386. The van der Waals surface area contributed by atoms with E-state index in [1.54, 1.807) is 23.5 Å². The molecule has 1 aliphatic rings. The highest BCUT2D eigenvalue weighted by molar-refractivity contribution is 7.22. The molecule has 2 aromatic carbocycles. The molecule has 0 bridgehead atoms. The number of hydrogen-bond donors (Lipinski definition) is 2. The number of thiophene rings is 1. The Bertz CT molecular complexity index is 1470.